The molecular formula is C16H9BrFN3O3. The monoisotopic (exact) mass is 389 g/mol. The Balaban J connectivity index is 2.26. The maximum Gasteiger partial charge on any atom is 0.294 e. The van der Waals surface area contributed by atoms with Gasteiger partial charge in [-0.15, -0.1) is 0 Å². The van der Waals surface area contributed by atoms with Crippen LogP contribution in [-0.2, 0) is 0 Å². The van der Waals surface area contributed by atoms with Gasteiger partial charge in [0.15, 0.2) is 6.29 Å². The van der Waals surface area contributed by atoms with E-state index in [0.29, 0.717) is 11.8 Å². The zero-order valence-electron chi connectivity index (χ0n) is 12.0. The van der Waals surface area contributed by atoms with Crippen molar-refractivity contribution in [2.24, 2.45) is 0 Å². The highest BCUT2D eigenvalue weighted by Crippen LogP contribution is 2.32. The third kappa shape index (κ3) is 2.71. The largest absolute Gasteiger partial charge is 0.298 e. The second kappa shape index (κ2) is 6.32. The first kappa shape index (κ1) is 16.0. The summed E-state index contributed by atoms with van der Waals surface area (Å²) < 4.78 is 15.0. The van der Waals surface area contributed by atoms with Gasteiger partial charge in [-0.05, 0) is 34.1 Å². The molecule has 0 atom stereocenters. The first-order valence-corrected chi connectivity index (χ1v) is 7.55. The van der Waals surface area contributed by atoms with Crippen molar-refractivity contribution in [3.05, 3.63) is 74.6 Å². The minimum Gasteiger partial charge on any atom is -0.298 e. The number of rotatable bonds is 4. The molecule has 0 saturated carbocycles. The summed E-state index contributed by atoms with van der Waals surface area (Å²) in [6, 6.07) is 11.6. The van der Waals surface area contributed by atoms with Gasteiger partial charge in [-0.3, -0.25) is 14.9 Å². The highest BCUT2D eigenvalue weighted by atomic mass is 79.9. The van der Waals surface area contributed by atoms with Crippen LogP contribution in [0.1, 0.15) is 10.4 Å². The number of para-hydroxylation sites is 2. The maximum atomic E-state index is 13.5. The van der Waals surface area contributed by atoms with Crippen LogP contribution in [-0.4, -0.2) is 21.0 Å². The smallest absolute Gasteiger partial charge is 0.294 e. The molecule has 0 N–H and O–H groups in total. The molecule has 0 aliphatic carbocycles. The molecule has 0 amide bonds. The summed E-state index contributed by atoms with van der Waals surface area (Å²) in [5.41, 5.74) is 0.840. The minimum absolute atomic E-state index is 0.163. The van der Waals surface area contributed by atoms with Crippen LogP contribution in [0, 0.1) is 15.9 Å². The molecule has 0 unspecified atom stereocenters. The Kier molecular flexibility index (Phi) is 4.22. The fraction of sp³-hybridized carbons (Fsp3) is 0. The van der Waals surface area contributed by atoms with Gasteiger partial charge < -0.3 is 0 Å². The van der Waals surface area contributed by atoms with E-state index in [9.17, 15) is 19.3 Å². The van der Waals surface area contributed by atoms with Gasteiger partial charge in [-0.25, -0.2) is 9.07 Å². The molecule has 2 aromatic carbocycles. The summed E-state index contributed by atoms with van der Waals surface area (Å²) in [4.78, 5) is 22.1. The number of aldehydes is 1. The number of nitrogens with zero attached hydrogens (tertiary/aromatic N) is 3. The fourth-order valence-corrected chi connectivity index (χ4v) is 2.87. The summed E-state index contributed by atoms with van der Waals surface area (Å²) in [6.45, 7) is 0. The van der Waals surface area contributed by atoms with Gasteiger partial charge in [0.25, 0.3) is 5.69 Å². The van der Waals surface area contributed by atoms with E-state index < -0.39 is 10.7 Å². The average molecular weight is 390 g/mol. The lowest BCUT2D eigenvalue weighted by atomic mass is 10.1. The van der Waals surface area contributed by atoms with Crippen LogP contribution in [0.3, 0.4) is 0 Å². The predicted octanol–water partition coefficient (Wildman–Crippen LogP) is 4.16. The third-order valence-electron chi connectivity index (χ3n) is 3.39. The first-order chi connectivity index (χ1) is 11.5. The molecule has 8 heteroatoms. The molecule has 0 fully saturated rings. The normalized spacial score (nSPS) is 10.6. The van der Waals surface area contributed by atoms with E-state index >= 15 is 0 Å². The third-order valence-corrected chi connectivity index (χ3v) is 4.15. The summed E-state index contributed by atoms with van der Waals surface area (Å²) in [7, 11) is 0. The average Bonchev–Trinajstić information content (AvgIpc) is 2.91. The van der Waals surface area contributed by atoms with Crippen molar-refractivity contribution in [3.63, 3.8) is 0 Å². The maximum absolute atomic E-state index is 13.5. The Morgan fingerprint density at radius 2 is 1.96 bits per heavy atom. The predicted molar refractivity (Wildman–Crippen MR) is 88.7 cm³/mol. The van der Waals surface area contributed by atoms with Crippen LogP contribution >= 0.6 is 15.9 Å². The number of carbonyl (C=O) groups is 1. The number of aromatic nitrogens is 2. The molecule has 1 aromatic heterocycles. The topological polar surface area (TPSA) is 78.0 Å². The van der Waals surface area contributed by atoms with Crippen LogP contribution in [0.25, 0.3) is 16.9 Å². The molecule has 3 aromatic rings. The van der Waals surface area contributed by atoms with Crippen molar-refractivity contribution in [2.45, 2.75) is 0 Å². The number of nitro groups is 1. The summed E-state index contributed by atoms with van der Waals surface area (Å²) >= 11 is 3.25. The van der Waals surface area contributed by atoms with Gasteiger partial charge in [0, 0.05) is 11.6 Å². The number of hydrogen-bond donors (Lipinski definition) is 0. The van der Waals surface area contributed by atoms with Crippen molar-refractivity contribution in [3.8, 4) is 16.9 Å². The lowest BCUT2D eigenvalue weighted by molar-refractivity contribution is -0.384. The molecule has 24 heavy (non-hydrogen) atoms. The van der Waals surface area contributed by atoms with Crippen LogP contribution in [0.2, 0.25) is 0 Å². The van der Waals surface area contributed by atoms with E-state index in [2.05, 4.69) is 21.0 Å². The Morgan fingerprint density at radius 3 is 2.62 bits per heavy atom. The van der Waals surface area contributed by atoms with E-state index in [1.54, 1.807) is 12.1 Å². The molecule has 0 aliphatic heterocycles. The number of halogens is 2. The molecule has 1 heterocycles. The van der Waals surface area contributed by atoms with Gasteiger partial charge >= 0.3 is 0 Å². The molecule has 0 saturated heterocycles. The molecule has 0 radical (unpaired) electrons. The molecule has 0 spiro atoms. The molecular weight excluding hydrogens is 381 g/mol. The van der Waals surface area contributed by atoms with Crippen molar-refractivity contribution in [1.82, 2.24) is 9.78 Å². The van der Waals surface area contributed by atoms with E-state index in [1.165, 1.54) is 41.1 Å². The van der Waals surface area contributed by atoms with Crippen molar-refractivity contribution in [2.75, 3.05) is 0 Å². The lowest BCUT2D eigenvalue weighted by Gasteiger charge is -2.04. The van der Waals surface area contributed by atoms with Crippen LogP contribution in [0.15, 0.2) is 53.1 Å². The SMILES string of the molecule is O=Cc1c(-c2cccc(F)c2)nn(-c2ccccc2[N+](=O)[O-])c1Br. The highest BCUT2D eigenvalue weighted by Gasteiger charge is 2.23. The van der Waals surface area contributed by atoms with Crippen molar-refractivity contribution in [1.29, 1.82) is 0 Å². The van der Waals surface area contributed by atoms with Crippen LogP contribution < -0.4 is 0 Å². The Labute approximate surface area is 143 Å². The second-order valence-electron chi connectivity index (χ2n) is 4.84. The second-order valence-corrected chi connectivity index (χ2v) is 5.59. The zero-order chi connectivity index (χ0) is 17.3. The number of benzene rings is 2. The first-order valence-electron chi connectivity index (χ1n) is 6.76. The van der Waals surface area contributed by atoms with E-state index in [1.807, 2.05) is 0 Å². The minimum atomic E-state index is -0.536. The van der Waals surface area contributed by atoms with Crippen molar-refractivity contribution < 1.29 is 14.1 Å². The Bertz CT molecular complexity index is 955. The van der Waals surface area contributed by atoms with E-state index in [-0.39, 0.29) is 27.2 Å². The molecule has 3 rings (SSSR count). The van der Waals surface area contributed by atoms with Gasteiger partial charge in [-0.1, -0.05) is 24.3 Å². The molecule has 0 aliphatic rings. The lowest BCUT2D eigenvalue weighted by Crippen LogP contribution is -2.02. The number of nitro benzene ring substituents is 1. The quantitative estimate of drug-likeness (QED) is 0.381. The van der Waals surface area contributed by atoms with E-state index in [0.717, 1.165) is 0 Å². The molecule has 6 nitrogen and oxygen atoms in total. The highest BCUT2D eigenvalue weighted by molar-refractivity contribution is 9.10. The van der Waals surface area contributed by atoms with Gasteiger partial charge in [0.1, 0.15) is 21.8 Å². The van der Waals surface area contributed by atoms with Crippen molar-refractivity contribution >= 4 is 27.9 Å². The zero-order valence-corrected chi connectivity index (χ0v) is 13.6. The fourth-order valence-electron chi connectivity index (χ4n) is 2.32. The molecule has 0 bridgehead atoms. The van der Waals surface area contributed by atoms with E-state index in [4.69, 9.17) is 0 Å². The molecule has 120 valence electrons. The van der Waals surface area contributed by atoms with Gasteiger partial charge in [0.05, 0.1) is 10.5 Å². The van der Waals surface area contributed by atoms with Crippen LogP contribution in [0.4, 0.5) is 10.1 Å². The summed E-state index contributed by atoms with van der Waals surface area (Å²) in [6.07, 6.45) is 0.572. The standard InChI is InChI=1S/C16H9BrFN3O3/c17-16-12(9-22)15(10-4-3-5-11(18)8-10)19-20(16)13-6-1-2-7-14(13)21(23)24/h1-9H. The summed E-state index contributed by atoms with van der Waals surface area (Å²) in [5, 5.41) is 15.5. The van der Waals surface area contributed by atoms with Gasteiger partial charge in [-0.2, -0.15) is 5.10 Å². The number of carbonyl (C=O) groups excluding carboxylic acids is 1. The van der Waals surface area contributed by atoms with Crippen LogP contribution in [0.5, 0.6) is 0 Å². The Hall–Kier alpha value is -2.87. The van der Waals surface area contributed by atoms with Gasteiger partial charge in [0.2, 0.25) is 0 Å². The number of hydrogen-bond acceptors (Lipinski definition) is 4. The summed E-state index contributed by atoms with van der Waals surface area (Å²) in [5.74, 6) is -0.472. The Morgan fingerprint density at radius 1 is 1.21 bits per heavy atom.